The summed E-state index contributed by atoms with van der Waals surface area (Å²) < 4.78 is 0. The predicted octanol–water partition coefficient (Wildman–Crippen LogP) is 4.62. The van der Waals surface area contributed by atoms with Crippen LogP contribution in [-0.2, 0) is 0 Å². The van der Waals surface area contributed by atoms with Crippen molar-refractivity contribution in [2.24, 2.45) is 23.7 Å². The highest BCUT2D eigenvalue weighted by atomic mass is 14.9. The van der Waals surface area contributed by atoms with Crippen molar-refractivity contribution in [2.45, 2.75) is 78.2 Å². The summed E-state index contributed by atoms with van der Waals surface area (Å²) in [4.78, 5) is 0. The molecule has 3 atom stereocenters. The third-order valence-electron chi connectivity index (χ3n) is 5.59. The van der Waals surface area contributed by atoms with Crippen LogP contribution in [0.5, 0.6) is 0 Å². The van der Waals surface area contributed by atoms with Gasteiger partial charge in [-0.2, -0.15) is 0 Å². The lowest BCUT2D eigenvalue weighted by Gasteiger charge is -2.24. The molecule has 3 unspecified atom stereocenters. The van der Waals surface area contributed by atoms with Gasteiger partial charge in [0.05, 0.1) is 0 Å². The summed E-state index contributed by atoms with van der Waals surface area (Å²) >= 11 is 0. The Labute approximate surface area is 114 Å². The van der Waals surface area contributed by atoms with E-state index in [4.69, 9.17) is 0 Å². The van der Waals surface area contributed by atoms with E-state index < -0.39 is 0 Å². The maximum Gasteiger partial charge on any atom is 0.0103 e. The highest BCUT2D eigenvalue weighted by Gasteiger charge is 2.53. The summed E-state index contributed by atoms with van der Waals surface area (Å²) in [6.07, 6.45) is 11.5. The van der Waals surface area contributed by atoms with Crippen molar-refractivity contribution in [2.75, 3.05) is 6.54 Å². The first-order chi connectivity index (χ1) is 8.81. The Morgan fingerprint density at radius 2 is 1.61 bits per heavy atom. The number of rotatable bonds is 8. The zero-order valence-electron chi connectivity index (χ0n) is 12.8. The Kier molecular flexibility index (Phi) is 5.54. The van der Waals surface area contributed by atoms with Crippen molar-refractivity contribution in [3.05, 3.63) is 0 Å². The van der Waals surface area contributed by atoms with E-state index in [-0.39, 0.29) is 0 Å². The lowest BCUT2D eigenvalue weighted by Crippen LogP contribution is -2.34. The van der Waals surface area contributed by atoms with Gasteiger partial charge in [0.15, 0.2) is 0 Å². The predicted molar refractivity (Wildman–Crippen MR) is 79.7 cm³/mol. The first-order valence-corrected chi connectivity index (χ1v) is 8.55. The summed E-state index contributed by atoms with van der Waals surface area (Å²) in [6.45, 7) is 8.25. The number of hydrogen-bond acceptors (Lipinski definition) is 1. The summed E-state index contributed by atoms with van der Waals surface area (Å²) in [5.74, 6) is 4.19. The molecule has 0 spiro atoms. The van der Waals surface area contributed by atoms with Crippen LogP contribution in [0.3, 0.4) is 0 Å². The first kappa shape index (κ1) is 14.4. The van der Waals surface area contributed by atoms with Gasteiger partial charge in [0, 0.05) is 6.04 Å². The van der Waals surface area contributed by atoms with Crippen LogP contribution in [0.15, 0.2) is 0 Å². The molecule has 0 aliphatic heterocycles. The van der Waals surface area contributed by atoms with Crippen LogP contribution < -0.4 is 5.32 Å². The molecule has 0 radical (unpaired) electrons. The Bertz CT molecular complexity index is 222. The number of nitrogens with one attached hydrogen (secondary N) is 1. The fourth-order valence-electron chi connectivity index (χ4n) is 4.33. The van der Waals surface area contributed by atoms with Crippen LogP contribution in [0.1, 0.15) is 72.1 Å². The quantitative estimate of drug-likeness (QED) is 0.664. The minimum absolute atomic E-state index is 0.836. The molecule has 2 rings (SSSR count). The van der Waals surface area contributed by atoms with Crippen LogP contribution in [0.4, 0.5) is 0 Å². The molecule has 2 fully saturated rings. The smallest absolute Gasteiger partial charge is 0.0103 e. The molecule has 0 aromatic rings. The van der Waals surface area contributed by atoms with E-state index in [2.05, 4.69) is 26.1 Å². The second-order valence-corrected chi connectivity index (χ2v) is 6.67. The third-order valence-corrected chi connectivity index (χ3v) is 5.59. The molecule has 2 saturated carbocycles. The van der Waals surface area contributed by atoms with E-state index in [0.29, 0.717) is 0 Å². The van der Waals surface area contributed by atoms with Gasteiger partial charge in [0.1, 0.15) is 0 Å². The average Bonchev–Trinajstić information content (AvgIpc) is 3.14. The maximum absolute atomic E-state index is 3.89. The van der Waals surface area contributed by atoms with Crippen molar-refractivity contribution >= 4 is 0 Å². The Morgan fingerprint density at radius 3 is 2.11 bits per heavy atom. The van der Waals surface area contributed by atoms with Crippen LogP contribution >= 0.6 is 0 Å². The van der Waals surface area contributed by atoms with Gasteiger partial charge in [0.2, 0.25) is 0 Å². The van der Waals surface area contributed by atoms with Crippen LogP contribution in [0, 0.1) is 23.7 Å². The average molecular weight is 251 g/mol. The SMILES string of the molecule is CCCNC(CC(CC)CC)C1C2CCCCC21. The molecule has 0 aromatic carbocycles. The van der Waals surface area contributed by atoms with Crippen molar-refractivity contribution in [1.82, 2.24) is 5.32 Å². The molecule has 0 bridgehead atoms. The normalized spacial score (nSPS) is 32.3. The molecule has 1 nitrogen and oxygen atoms in total. The second-order valence-electron chi connectivity index (χ2n) is 6.67. The van der Waals surface area contributed by atoms with E-state index in [1.54, 1.807) is 0 Å². The van der Waals surface area contributed by atoms with Gasteiger partial charge < -0.3 is 5.32 Å². The lowest BCUT2D eigenvalue weighted by molar-refractivity contribution is 0.325. The molecule has 0 amide bonds. The summed E-state index contributed by atoms with van der Waals surface area (Å²) in [7, 11) is 0. The Hall–Kier alpha value is -0.0400. The first-order valence-electron chi connectivity index (χ1n) is 8.55. The highest BCUT2D eigenvalue weighted by Crippen LogP contribution is 2.57. The zero-order chi connectivity index (χ0) is 13.0. The van der Waals surface area contributed by atoms with Crippen molar-refractivity contribution in [3.63, 3.8) is 0 Å². The Balaban J connectivity index is 1.88. The fraction of sp³-hybridized carbons (Fsp3) is 1.00. The maximum atomic E-state index is 3.89. The van der Waals surface area contributed by atoms with Crippen molar-refractivity contribution < 1.29 is 0 Å². The van der Waals surface area contributed by atoms with Gasteiger partial charge >= 0.3 is 0 Å². The van der Waals surface area contributed by atoms with Gasteiger partial charge in [-0.3, -0.25) is 0 Å². The third kappa shape index (κ3) is 3.29. The number of fused-ring (bicyclic) bond motifs is 1. The van der Waals surface area contributed by atoms with E-state index in [1.165, 1.54) is 57.9 Å². The molecule has 1 N–H and O–H groups in total. The second kappa shape index (κ2) is 6.93. The lowest BCUT2D eigenvalue weighted by atomic mass is 9.91. The van der Waals surface area contributed by atoms with Gasteiger partial charge in [-0.15, -0.1) is 0 Å². The molecule has 2 aliphatic rings. The van der Waals surface area contributed by atoms with Crippen LogP contribution in [-0.4, -0.2) is 12.6 Å². The molecule has 0 heterocycles. The number of hydrogen-bond donors (Lipinski definition) is 1. The van der Waals surface area contributed by atoms with Crippen molar-refractivity contribution in [3.8, 4) is 0 Å². The van der Waals surface area contributed by atoms with Gasteiger partial charge in [-0.25, -0.2) is 0 Å². The topological polar surface area (TPSA) is 12.0 Å². The molecule has 0 aromatic heterocycles. The van der Waals surface area contributed by atoms with Crippen LogP contribution in [0.25, 0.3) is 0 Å². The van der Waals surface area contributed by atoms with E-state index in [9.17, 15) is 0 Å². The molecular weight excluding hydrogens is 218 g/mol. The molecule has 2 aliphatic carbocycles. The summed E-state index contributed by atoms with van der Waals surface area (Å²) in [6, 6.07) is 0.836. The summed E-state index contributed by atoms with van der Waals surface area (Å²) in [5, 5.41) is 3.89. The van der Waals surface area contributed by atoms with E-state index >= 15 is 0 Å². The summed E-state index contributed by atoms with van der Waals surface area (Å²) in [5.41, 5.74) is 0. The largest absolute Gasteiger partial charge is 0.314 e. The van der Waals surface area contributed by atoms with E-state index in [1.807, 2.05) is 0 Å². The van der Waals surface area contributed by atoms with Crippen LogP contribution in [0.2, 0.25) is 0 Å². The van der Waals surface area contributed by atoms with Crippen molar-refractivity contribution in [1.29, 1.82) is 0 Å². The fourth-order valence-corrected chi connectivity index (χ4v) is 4.33. The molecule has 0 saturated heterocycles. The molecule has 18 heavy (non-hydrogen) atoms. The molecule has 1 heteroatoms. The van der Waals surface area contributed by atoms with Gasteiger partial charge in [-0.05, 0) is 55.9 Å². The Morgan fingerprint density at radius 1 is 1.00 bits per heavy atom. The molecule has 106 valence electrons. The van der Waals surface area contributed by atoms with Gasteiger partial charge in [0.25, 0.3) is 0 Å². The minimum atomic E-state index is 0.836. The van der Waals surface area contributed by atoms with E-state index in [0.717, 1.165) is 29.7 Å². The zero-order valence-corrected chi connectivity index (χ0v) is 12.8. The minimum Gasteiger partial charge on any atom is -0.314 e. The van der Waals surface area contributed by atoms with Gasteiger partial charge in [-0.1, -0.05) is 46.5 Å². The molecular formula is C17H33N. The monoisotopic (exact) mass is 251 g/mol. The standard InChI is InChI=1S/C17H33N/c1-4-11-18-16(12-13(5-2)6-3)17-14-9-7-8-10-15(14)17/h13-18H,4-12H2,1-3H3. The highest BCUT2D eigenvalue weighted by molar-refractivity contribution is 5.04.